The number of carbonyl (C=O) groups is 1. The molecule has 1 saturated heterocycles. The maximum atomic E-state index is 12.9. The monoisotopic (exact) mass is 376 g/mol. The summed E-state index contributed by atoms with van der Waals surface area (Å²) in [6.45, 7) is 0.667. The quantitative estimate of drug-likeness (QED) is 0.806. The highest BCUT2D eigenvalue weighted by Gasteiger charge is 2.35. The first kappa shape index (κ1) is 17.1. The third-order valence-electron chi connectivity index (χ3n) is 4.77. The van der Waals surface area contributed by atoms with Crippen molar-refractivity contribution in [2.75, 3.05) is 13.1 Å². The van der Waals surface area contributed by atoms with E-state index < -0.39 is 10.0 Å². The molecule has 1 N–H and O–H groups in total. The van der Waals surface area contributed by atoms with Crippen LogP contribution in [0.1, 0.15) is 25.7 Å². The van der Waals surface area contributed by atoms with E-state index in [0.717, 1.165) is 19.3 Å². The molecule has 0 unspecified atom stereocenters. The summed E-state index contributed by atoms with van der Waals surface area (Å²) in [5.74, 6) is -0.305. The standard InChI is InChI=1S/C16H20N6O3S/c23-16(18-13-3-4-13)12-2-1-9-21(10-12)26(24,25)15-7-5-14(6-8-15)22-11-17-19-20-22/h5-8,11-13H,1-4,9-10H2,(H,18,23)/t12-/m1/s1. The summed E-state index contributed by atoms with van der Waals surface area (Å²) in [6, 6.07) is 6.68. The number of tetrazole rings is 1. The van der Waals surface area contributed by atoms with Crippen LogP contribution in [0.2, 0.25) is 0 Å². The molecule has 2 fully saturated rings. The average molecular weight is 376 g/mol. The molecular weight excluding hydrogens is 356 g/mol. The fourth-order valence-corrected chi connectivity index (χ4v) is 4.64. The van der Waals surface area contributed by atoms with Gasteiger partial charge in [0.25, 0.3) is 0 Å². The highest BCUT2D eigenvalue weighted by Crippen LogP contribution is 2.26. The molecule has 1 aromatic heterocycles. The lowest BCUT2D eigenvalue weighted by atomic mass is 9.99. The Balaban J connectivity index is 1.49. The van der Waals surface area contributed by atoms with Gasteiger partial charge < -0.3 is 5.32 Å². The molecule has 26 heavy (non-hydrogen) atoms. The molecule has 138 valence electrons. The van der Waals surface area contributed by atoms with Crippen molar-refractivity contribution in [3.8, 4) is 5.69 Å². The molecule has 10 heteroatoms. The second kappa shape index (κ2) is 6.76. The van der Waals surface area contributed by atoms with E-state index in [2.05, 4.69) is 20.8 Å². The van der Waals surface area contributed by atoms with Gasteiger partial charge in [0.15, 0.2) is 0 Å². The number of carbonyl (C=O) groups excluding carboxylic acids is 1. The Morgan fingerprint density at radius 1 is 1.15 bits per heavy atom. The van der Waals surface area contributed by atoms with Gasteiger partial charge in [0, 0.05) is 19.1 Å². The van der Waals surface area contributed by atoms with E-state index >= 15 is 0 Å². The van der Waals surface area contributed by atoms with Crippen molar-refractivity contribution < 1.29 is 13.2 Å². The molecular formula is C16H20N6O3S. The van der Waals surface area contributed by atoms with Gasteiger partial charge in [-0.05, 0) is 60.4 Å². The second-order valence-electron chi connectivity index (χ2n) is 6.73. The minimum atomic E-state index is -3.63. The summed E-state index contributed by atoms with van der Waals surface area (Å²) in [7, 11) is -3.63. The molecule has 4 rings (SSSR count). The Bertz CT molecular complexity index is 877. The van der Waals surface area contributed by atoms with E-state index in [9.17, 15) is 13.2 Å². The van der Waals surface area contributed by atoms with E-state index in [0.29, 0.717) is 18.7 Å². The van der Waals surface area contributed by atoms with E-state index in [-0.39, 0.29) is 29.3 Å². The summed E-state index contributed by atoms with van der Waals surface area (Å²) in [4.78, 5) is 12.5. The van der Waals surface area contributed by atoms with Crippen LogP contribution in [0.4, 0.5) is 0 Å². The van der Waals surface area contributed by atoms with E-state index in [1.165, 1.54) is 15.3 Å². The van der Waals surface area contributed by atoms with Crippen LogP contribution >= 0.6 is 0 Å². The smallest absolute Gasteiger partial charge is 0.243 e. The summed E-state index contributed by atoms with van der Waals surface area (Å²) >= 11 is 0. The maximum Gasteiger partial charge on any atom is 0.243 e. The van der Waals surface area contributed by atoms with E-state index in [1.54, 1.807) is 24.3 Å². The highest BCUT2D eigenvalue weighted by molar-refractivity contribution is 7.89. The lowest BCUT2D eigenvalue weighted by Gasteiger charge is -2.31. The number of aromatic nitrogens is 4. The van der Waals surface area contributed by atoms with Gasteiger partial charge in [-0.25, -0.2) is 13.1 Å². The maximum absolute atomic E-state index is 12.9. The molecule has 1 aliphatic heterocycles. The average Bonchev–Trinajstić information content (AvgIpc) is 3.31. The van der Waals surface area contributed by atoms with E-state index in [4.69, 9.17) is 0 Å². The van der Waals surface area contributed by atoms with Crippen LogP contribution in [-0.4, -0.2) is 58.0 Å². The molecule has 2 aromatic rings. The second-order valence-corrected chi connectivity index (χ2v) is 8.67. The Kier molecular flexibility index (Phi) is 4.45. The summed E-state index contributed by atoms with van der Waals surface area (Å²) < 4.78 is 28.7. The number of nitrogens with one attached hydrogen (secondary N) is 1. The van der Waals surface area contributed by atoms with Gasteiger partial charge in [0.05, 0.1) is 16.5 Å². The zero-order valence-electron chi connectivity index (χ0n) is 14.2. The minimum absolute atomic E-state index is 0.0265. The Morgan fingerprint density at radius 3 is 2.58 bits per heavy atom. The number of benzene rings is 1. The van der Waals surface area contributed by atoms with Crippen molar-refractivity contribution in [3.63, 3.8) is 0 Å². The topological polar surface area (TPSA) is 110 Å². The first-order valence-electron chi connectivity index (χ1n) is 8.68. The Hall–Kier alpha value is -2.33. The van der Waals surface area contributed by atoms with Crippen molar-refractivity contribution in [1.82, 2.24) is 29.8 Å². The lowest BCUT2D eigenvalue weighted by Crippen LogP contribution is -2.45. The molecule has 2 heterocycles. The number of nitrogens with zero attached hydrogens (tertiary/aromatic N) is 5. The van der Waals surface area contributed by atoms with Gasteiger partial charge in [-0.1, -0.05) is 0 Å². The molecule has 1 aromatic carbocycles. The van der Waals surface area contributed by atoms with Crippen LogP contribution in [-0.2, 0) is 14.8 Å². The number of piperidine rings is 1. The number of sulfonamides is 1. The largest absolute Gasteiger partial charge is 0.353 e. The van der Waals surface area contributed by atoms with Crippen molar-refractivity contribution in [1.29, 1.82) is 0 Å². The SMILES string of the molecule is O=C(NC1CC1)[C@@H]1CCCN(S(=O)(=O)c2ccc(-n3cnnn3)cc2)C1. The summed E-state index contributed by atoms with van der Waals surface area (Å²) in [5.41, 5.74) is 0.675. The third kappa shape index (κ3) is 3.47. The van der Waals surface area contributed by atoms with Crippen molar-refractivity contribution in [2.45, 2.75) is 36.6 Å². The predicted molar refractivity (Wildman–Crippen MR) is 91.8 cm³/mol. The van der Waals surface area contributed by atoms with Crippen LogP contribution in [0.5, 0.6) is 0 Å². The van der Waals surface area contributed by atoms with Crippen molar-refractivity contribution in [3.05, 3.63) is 30.6 Å². The number of hydrogen-bond acceptors (Lipinski definition) is 6. The Labute approximate surface area is 151 Å². The van der Waals surface area contributed by atoms with Crippen molar-refractivity contribution in [2.24, 2.45) is 5.92 Å². The predicted octanol–water partition coefficient (Wildman–Crippen LogP) is 0.342. The fraction of sp³-hybridized carbons (Fsp3) is 0.500. The first-order valence-corrected chi connectivity index (χ1v) is 10.1. The summed E-state index contributed by atoms with van der Waals surface area (Å²) in [6.07, 6.45) is 4.90. The molecule has 0 spiro atoms. The van der Waals surface area contributed by atoms with Crippen LogP contribution in [0.3, 0.4) is 0 Å². The van der Waals surface area contributed by atoms with Crippen LogP contribution in [0.25, 0.3) is 5.69 Å². The van der Waals surface area contributed by atoms with Gasteiger partial charge in [0.1, 0.15) is 6.33 Å². The molecule has 1 atom stereocenters. The number of amides is 1. The molecule has 1 saturated carbocycles. The first-order chi connectivity index (χ1) is 12.5. The summed E-state index contributed by atoms with van der Waals surface area (Å²) in [5, 5.41) is 13.9. The minimum Gasteiger partial charge on any atom is -0.353 e. The van der Waals surface area contributed by atoms with Gasteiger partial charge >= 0.3 is 0 Å². The molecule has 9 nitrogen and oxygen atoms in total. The molecule has 1 amide bonds. The van der Waals surface area contributed by atoms with Gasteiger partial charge in [-0.15, -0.1) is 5.10 Å². The van der Waals surface area contributed by atoms with Gasteiger partial charge in [-0.2, -0.15) is 4.31 Å². The molecule has 0 radical (unpaired) electrons. The zero-order chi connectivity index (χ0) is 18.1. The number of hydrogen-bond donors (Lipinski definition) is 1. The van der Waals surface area contributed by atoms with Crippen molar-refractivity contribution >= 4 is 15.9 Å². The zero-order valence-corrected chi connectivity index (χ0v) is 15.0. The fourth-order valence-electron chi connectivity index (χ4n) is 3.12. The molecule has 2 aliphatic rings. The third-order valence-corrected chi connectivity index (χ3v) is 6.65. The Morgan fingerprint density at radius 2 is 1.92 bits per heavy atom. The number of rotatable bonds is 5. The van der Waals surface area contributed by atoms with Gasteiger partial charge in [-0.3, -0.25) is 4.79 Å². The van der Waals surface area contributed by atoms with E-state index in [1.807, 2.05) is 0 Å². The van der Waals surface area contributed by atoms with Crippen LogP contribution in [0, 0.1) is 5.92 Å². The molecule has 1 aliphatic carbocycles. The van der Waals surface area contributed by atoms with Gasteiger partial charge in [0.2, 0.25) is 15.9 Å². The van der Waals surface area contributed by atoms with Crippen LogP contribution < -0.4 is 5.32 Å². The normalized spacial score (nSPS) is 21.5. The lowest BCUT2D eigenvalue weighted by molar-refractivity contribution is -0.126. The highest BCUT2D eigenvalue weighted by atomic mass is 32.2. The van der Waals surface area contributed by atoms with Crippen LogP contribution in [0.15, 0.2) is 35.5 Å². The molecule has 0 bridgehead atoms.